The van der Waals surface area contributed by atoms with E-state index in [-0.39, 0.29) is 0 Å². The molecule has 0 aliphatic heterocycles. The molecule has 0 aromatic heterocycles. The van der Waals surface area contributed by atoms with E-state index in [0.717, 1.165) is 38.2 Å². The fourth-order valence-corrected chi connectivity index (χ4v) is 1.22. The average Bonchev–Trinajstić information content (AvgIpc) is 2.01. The molecule has 0 atom stereocenters. The first kappa shape index (κ1) is 14.8. The third-order valence-corrected chi connectivity index (χ3v) is 2.34. The predicted molar refractivity (Wildman–Crippen MR) is 57.8 cm³/mol. The Bertz CT molecular complexity index is 277. The van der Waals surface area contributed by atoms with Gasteiger partial charge < -0.3 is 4.90 Å². The van der Waals surface area contributed by atoms with Crippen molar-refractivity contribution in [3.63, 3.8) is 0 Å². The first-order valence-corrected chi connectivity index (χ1v) is 5.92. The van der Waals surface area contributed by atoms with Gasteiger partial charge in [-0.1, -0.05) is 0 Å². The van der Waals surface area contributed by atoms with E-state index in [0.29, 0.717) is 0 Å². The van der Waals surface area contributed by atoms with E-state index >= 15 is 0 Å². The van der Waals surface area contributed by atoms with Crippen LogP contribution in [0, 0.1) is 0 Å². The van der Waals surface area contributed by atoms with Crippen molar-refractivity contribution in [1.29, 1.82) is 0 Å². The summed E-state index contributed by atoms with van der Waals surface area (Å²) in [4.78, 5) is 2.00. The molecule has 0 heterocycles. The summed E-state index contributed by atoms with van der Waals surface area (Å²) in [5.41, 5.74) is -0.574. The molecular weight excluding hydrogens is 310 g/mol. The van der Waals surface area contributed by atoms with E-state index in [4.69, 9.17) is 0 Å². The van der Waals surface area contributed by atoms with Crippen LogP contribution in [0.5, 0.6) is 0 Å². The average molecular weight is 324 g/mol. The van der Waals surface area contributed by atoms with E-state index in [1.54, 1.807) is 0 Å². The Morgan fingerprint density at radius 2 is 1.33 bits per heavy atom. The summed E-state index contributed by atoms with van der Waals surface area (Å²) < 4.78 is 36.8. The van der Waals surface area contributed by atoms with Crippen molar-refractivity contribution >= 4 is 26.1 Å². The molecule has 84 valence electrons. The van der Waals surface area contributed by atoms with Gasteiger partial charge in [-0.25, -0.2) is 0 Å². The van der Waals surface area contributed by atoms with Gasteiger partial charge in [0.05, 0.1) is 0 Å². The second-order valence-electron chi connectivity index (χ2n) is 3.46. The van der Waals surface area contributed by atoms with Gasteiger partial charge >= 0.3 is 75.3 Å². The molecular formula is C10H14F3NSn. The molecule has 1 aromatic carbocycles. The van der Waals surface area contributed by atoms with Gasteiger partial charge in [-0.2, -0.15) is 0 Å². The third-order valence-electron chi connectivity index (χ3n) is 1.24. The van der Waals surface area contributed by atoms with Crippen LogP contribution in [0.2, 0.25) is 0 Å². The van der Waals surface area contributed by atoms with Gasteiger partial charge in [-0.05, 0) is 21.1 Å². The summed E-state index contributed by atoms with van der Waals surface area (Å²) in [5, 5.41) is 0. The molecule has 0 aliphatic rings. The van der Waals surface area contributed by atoms with Gasteiger partial charge in [0.25, 0.3) is 0 Å². The number of halogens is 3. The summed E-state index contributed by atoms with van der Waals surface area (Å²) in [6.07, 6.45) is -4.20. The van der Waals surface area contributed by atoms with Crippen LogP contribution in [0.4, 0.5) is 13.2 Å². The molecule has 0 bridgehead atoms. The van der Waals surface area contributed by atoms with Crippen molar-refractivity contribution in [2.45, 2.75) is 6.18 Å². The zero-order valence-corrected chi connectivity index (χ0v) is 12.3. The van der Waals surface area contributed by atoms with Crippen LogP contribution in [-0.4, -0.2) is 48.6 Å². The summed E-state index contributed by atoms with van der Waals surface area (Å²) in [7, 11) is 6.00. The Morgan fingerprint density at radius 1 is 1.00 bits per heavy atom. The van der Waals surface area contributed by atoms with Gasteiger partial charge in [0.1, 0.15) is 0 Å². The molecule has 5 heteroatoms. The Labute approximate surface area is 101 Å². The van der Waals surface area contributed by atoms with Crippen LogP contribution in [0.3, 0.4) is 0 Å². The number of nitrogens with zero attached hydrogens (tertiary/aromatic N) is 1. The molecule has 0 aliphatic carbocycles. The minimum absolute atomic E-state index is 0.574. The molecule has 0 saturated carbocycles. The number of benzene rings is 1. The molecule has 1 aromatic rings. The van der Waals surface area contributed by atoms with Crippen molar-refractivity contribution < 1.29 is 13.2 Å². The van der Waals surface area contributed by atoms with E-state index < -0.39 is 11.7 Å². The Kier molecular flexibility index (Phi) is 6.27. The molecule has 1 nitrogen and oxygen atoms in total. The molecule has 1 rings (SSSR count). The van der Waals surface area contributed by atoms with Crippen LogP contribution in [0.25, 0.3) is 0 Å². The van der Waals surface area contributed by atoms with E-state index in [9.17, 15) is 13.2 Å². The fourth-order valence-electron chi connectivity index (χ4n) is 0.672. The molecule has 0 fully saturated rings. The van der Waals surface area contributed by atoms with Crippen molar-refractivity contribution in [2.75, 3.05) is 21.1 Å². The van der Waals surface area contributed by atoms with E-state index in [1.165, 1.54) is 12.1 Å². The summed E-state index contributed by atoms with van der Waals surface area (Å²) in [5.74, 6) is 0. The zero-order valence-electron chi connectivity index (χ0n) is 8.97. The monoisotopic (exact) mass is 325 g/mol. The maximum atomic E-state index is 11.9. The van der Waals surface area contributed by atoms with Gasteiger partial charge in [0.2, 0.25) is 0 Å². The first-order chi connectivity index (χ1) is 6.73. The van der Waals surface area contributed by atoms with Crippen molar-refractivity contribution in [2.24, 2.45) is 0 Å². The number of hydrogen-bond donors (Lipinski definition) is 0. The van der Waals surface area contributed by atoms with Crippen LogP contribution in [-0.2, 0) is 6.18 Å². The van der Waals surface area contributed by atoms with Gasteiger partial charge in [-0.15, -0.1) is 0 Å². The summed E-state index contributed by atoms with van der Waals surface area (Å²) >= 11 is 0.853. The molecule has 2 radical (unpaired) electrons. The van der Waals surface area contributed by atoms with E-state index in [2.05, 4.69) is 0 Å². The SMILES string of the molecule is CN(C)C.FC(F)(F)c1cc[c]([SnH])cc1. The molecule has 0 N–H and O–H groups in total. The van der Waals surface area contributed by atoms with Crippen LogP contribution in [0.15, 0.2) is 24.3 Å². The Morgan fingerprint density at radius 3 is 1.60 bits per heavy atom. The number of rotatable bonds is 0. The third kappa shape index (κ3) is 7.67. The maximum absolute atomic E-state index is 11.9. The molecule has 0 amide bonds. The quantitative estimate of drug-likeness (QED) is 0.653. The van der Waals surface area contributed by atoms with Crippen molar-refractivity contribution in [3.8, 4) is 0 Å². The molecule has 0 saturated heterocycles. The normalized spacial score (nSPS) is 10.9. The summed E-state index contributed by atoms with van der Waals surface area (Å²) in [6.45, 7) is 0. The molecule has 15 heavy (non-hydrogen) atoms. The van der Waals surface area contributed by atoms with Gasteiger partial charge in [-0.3, -0.25) is 0 Å². The topological polar surface area (TPSA) is 3.24 Å². The standard InChI is InChI=1S/C7H4F3.C3H9N.Sn.H/c8-7(9,10)6-4-2-1-3-5-6;1-4(2)3;;/h2-5H;1-3H3;;. The van der Waals surface area contributed by atoms with Crippen LogP contribution < -0.4 is 3.58 Å². The Hall–Kier alpha value is -0.231. The molecule has 0 spiro atoms. The van der Waals surface area contributed by atoms with Gasteiger partial charge in [0.15, 0.2) is 0 Å². The zero-order chi connectivity index (χ0) is 12.1. The van der Waals surface area contributed by atoms with Crippen LogP contribution >= 0.6 is 0 Å². The summed E-state index contributed by atoms with van der Waals surface area (Å²) in [6, 6.07) is 5.23. The second kappa shape index (κ2) is 6.37. The first-order valence-electron chi connectivity index (χ1n) is 4.27. The minimum atomic E-state index is -4.20. The number of hydrogen-bond acceptors (Lipinski definition) is 1. The Balaban J connectivity index is 0.000000423. The predicted octanol–water partition coefficient (Wildman–Crippen LogP) is 1.41. The van der Waals surface area contributed by atoms with Crippen molar-refractivity contribution in [1.82, 2.24) is 4.90 Å². The van der Waals surface area contributed by atoms with Crippen molar-refractivity contribution in [3.05, 3.63) is 29.8 Å². The van der Waals surface area contributed by atoms with Crippen LogP contribution in [0.1, 0.15) is 5.56 Å². The fraction of sp³-hybridized carbons (Fsp3) is 0.400. The molecule has 0 unspecified atom stereocenters. The number of alkyl halides is 3. The second-order valence-corrected chi connectivity index (χ2v) is 5.36. The van der Waals surface area contributed by atoms with Gasteiger partial charge in [0, 0.05) is 0 Å². The van der Waals surface area contributed by atoms with E-state index in [1.807, 2.05) is 26.0 Å².